The standard InChI is InChI=1S/C15H18N4O2/c1-3-21-15-9-13(16-11-17-15)19(2)10-14(20)18-12-7-5-4-6-8-12/h4-9,11H,3,10H2,1-2H3,(H,18,20). The molecule has 0 aliphatic rings. The lowest BCUT2D eigenvalue weighted by atomic mass is 10.3. The molecule has 21 heavy (non-hydrogen) atoms. The van der Waals surface area contributed by atoms with Crippen LogP contribution >= 0.6 is 0 Å². The average molecular weight is 286 g/mol. The van der Waals surface area contributed by atoms with E-state index < -0.39 is 0 Å². The smallest absolute Gasteiger partial charge is 0.243 e. The molecule has 0 saturated carbocycles. The number of hydrogen-bond donors (Lipinski definition) is 1. The van der Waals surface area contributed by atoms with Gasteiger partial charge >= 0.3 is 0 Å². The van der Waals surface area contributed by atoms with E-state index in [0.29, 0.717) is 18.3 Å². The van der Waals surface area contributed by atoms with Crippen LogP contribution in [0.4, 0.5) is 11.5 Å². The zero-order valence-electron chi connectivity index (χ0n) is 12.1. The van der Waals surface area contributed by atoms with Crippen LogP contribution in [0.3, 0.4) is 0 Å². The first kappa shape index (κ1) is 14.8. The second-order valence-corrected chi connectivity index (χ2v) is 4.42. The first-order valence-corrected chi connectivity index (χ1v) is 6.70. The number of carbonyl (C=O) groups excluding carboxylic acids is 1. The maximum atomic E-state index is 12.0. The van der Waals surface area contributed by atoms with Gasteiger partial charge in [-0.05, 0) is 19.1 Å². The third kappa shape index (κ3) is 4.45. The zero-order valence-corrected chi connectivity index (χ0v) is 12.1. The highest BCUT2D eigenvalue weighted by molar-refractivity contribution is 5.93. The highest BCUT2D eigenvalue weighted by Gasteiger charge is 2.10. The van der Waals surface area contributed by atoms with Gasteiger partial charge in [0.15, 0.2) is 0 Å². The molecule has 2 rings (SSSR count). The maximum Gasteiger partial charge on any atom is 0.243 e. The lowest BCUT2D eigenvalue weighted by Crippen LogP contribution is -2.30. The summed E-state index contributed by atoms with van der Waals surface area (Å²) in [4.78, 5) is 21.9. The largest absolute Gasteiger partial charge is 0.478 e. The molecule has 1 amide bonds. The number of ether oxygens (including phenoxy) is 1. The average Bonchev–Trinajstić information content (AvgIpc) is 2.48. The minimum atomic E-state index is -0.111. The number of nitrogens with one attached hydrogen (secondary N) is 1. The number of aromatic nitrogens is 2. The van der Waals surface area contributed by atoms with Gasteiger partial charge in [0, 0.05) is 18.8 Å². The van der Waals surface area contributed by atoms with Gasteiger partial charge in [0.2, 0.25) is 11.8 Å². The number of amides is 1. The maximum absolute atomic E-state index is 12.0. The van der Waals surface area contributed by atoms with Crippen molar-refractivity contribution in [3.8, 4) is 5.88 Å². The topological polar surface area (TPSA) is 67.3 Å². The Bertz CT molecular complexity index is 589. The van der Waals surface area contributed by atoms with Crippen LogP contribution in [-0.2, 0) is 4.79 Å². The van der Waals surface area contributed by atoms with Crippen LogP contribution in [0.25, 0.3) is 0 Å². The summed E-state index contributed by atoms with van der Waals surface area (Å²) in [5, 5.41) is 2.83. The van der Waals surface area contributed by atoms with E-state index >= 15 is 0 Å². The van der Waals surface area contributed by atoms with E-state index in [0.717, 1.165) is 5.69 Å². The Kier molecular flexibility index (Phi) is 5.09. The monoisotopic (exact) mass is 286 g/mol. The van der Waals surface area contributed by atoms with Gasteiger partial charge in [0.05, 0.1) is 13.2 Å². The number of hydrogen-bond acceptors (Lipinski definition) is 5. The van der Waals surface area contributed by atoms with E-state index in [1.54, 1.807) is 18.0 Å². The Balaban J connectivity index is 1.95. The molecule has 2 aromatic rings. The summed E-state index contributed by atoms with van der Waals surface area (Å²) >= 11 is 0. The second kappa shape index (κ2) is 7.23. The molecule has 0 bridgehead atoms. The molecule has 0 saturated heterocycles. The molecule has 0 radical (unpaired) electrons. The van der Waals surface area contributed by atoms with Crippen LogP contribution in [-0.4, -0.2) is 36.1 Å². The summed E-state index contributed by atoms with van der Waals surface area (Å²) < 4.78 is 5.32. The zero-order chi connectivity index (χ0) is 15.1. The lowest BCUT2D eigenvalue weighted by molar-refractivity contribution is -0.114. The van der Waals surface area contributed by atoms with Crippen LogP contribution in [0, 0.1) is 0 Å². The molecule has 1 N–H and O–H groups in total. The molecular weight excluding hydrogens is 268 g/mol. The number of anilines is 2. The third-order valence-electron chi connectivity index (χ3n) is 2.75. The lowest BCUT2D eigenvalue weighted by Gasteiger charge is -2.17. The Morgan fingerprint density at radius 2 is 2.05 bits per heavy atom. The van der Waals surface area contributed by atoms with Crippen molar-refractivity contribution in [3.05, 3.63) is 42.7 Å². The van der Waals surface area contributed by atoms with Crippen LogP contribution in [0.2, 0.25) is 0 Å². The molecule has 0 unspecified atom stereocenters. The summed E-state index contributed by atoms with van der Waals surface area (Å²) in [5.74, 6) is 1.02. The summed E-state index contributed by atoms with van der Waals surface area (Å²) in [6, 6.07) is 11.0. The molecular formula is C15H18N4O2. The predicted octanol–water partition coefficient (Wildman–Crippen LogP) is 1.95. The van der Waals surface area contributed by atoms with E-state index in [1.165, 1.54) is 6.33 Å². The van der Waals surface area contributed by atoms with E-state index in [2.05, 4.69) is 15.3 Å². The van der Waals surface area contributed by atoms with E-state index in [9.17, 15) is 4.79 Å². The van der Waals surface area contributed by atoms with Crippen LogP contribution in [0.15, 0.2) is 42.7 Å². The molecule has 6 heteroatoms. The Hall–Kier alpha value is -2.63. The molecule has 0 atom stereocenters. The van der Waals surface area contributed by atoms with Crippen molar-refractivity contribution < 1.29 is 9.53 Å². The first-order chi connectivity index (χ1) is 10.2. The fourth-order valence-electron chi connectivity index (χ4n) is 1.78. The summed E-state index contributed by atoms with van der Waals surface area (Å²) in [6.45, 7) is 2.62. The number of likely N-dealkylation sites (N-methyl/N-ethyl adjacent to an activating group) is 1. The Morgan fingerprint density at radius 3 is 2.76 bits per heavy atom. The van der Waals surface area contributed by atoms with Crippen molar-refractivity contribution in [1.29, 1.82) is 0 Å². The van der Waals surface area contributed by atoms with Gasteiger partial charge in [-0.25, -0.2) is 9.97 Å². The van der Waals surface area contributed by atoms with Crippen molar-refractivity contribution >= 4 is 17.4 Å². The van der Waals surface area contributed by atoms with Gasteiger partial charge in [-0.2, -0.15) is 0 Å². The van der Waals surface area contributed by atoms with E-state index in [1.807, 2.05) is 37.3 Å². The molecule has 0 spiro atoms. The van der Waals surface area contributed by atoms with Crippen LogP contribution in [0.5, 0.6) is 5.88 Å². The molecule has 0 aliphatic carbocycles. The third-order valence-corrected chi connectivity index (χ3v) is 2.75. The van der Waals surface area contributed by atoms with Crippen LogP contribution in [0.1, 0.15) is 6.92 Å². The summed E-state index contributed by atoms with van der Waals surface area (Å²) in [7, 11) is 1.79. The van der Waals surface area contributed by atoms with Gasteiger partial charge in [0.1, 0.15) is 12.1 Å². The van der Waals surface area contributed by atoms with Crippen molar-refractivity contribution in [2.75, 3.05) is 30.4 Å². The van der Waals surface area contributed by atoms with Crippen molar-refractivity contribution in [2.24, 2.45) is 0 Å². The number of benzene rings is 1. The number of para-hydroxylation sites is 1. The SMILES string of the molecule is CCOc1cc(N(C)CC(=O)Nc2ccccc2)ncn1. The molecule has 110 valence electrons. The molecule has 0 aliphatic heterocycles. The van der Waals surface area contributed by atoms with Crippen molar-refractivity contribution in [2.45, 2.75) is 6.92 Å². The minimum absolute atomic E-state index is 0.111. The number of rotatable bonds is 6. The van der Waals surface area contributed by atoms with Crippen molar-refractivity contribution in [3.63, 3.8) is 0 Å². The molecule has 6 nitrogen and oxygen atoms in total. The molecule has 0 fully saturated rings. The van der Waals surface area contributed by atoms with Gasteiger partial charge in [-0.15, -0.1) is 0 Å². The van der Waals surface area contributed by atoms with Gasteiger partial charge in [-0.1, -0.05) is 18.2 Å². The molecule has 1 heterocycles. The van der Waals surface area contributed by atoms with Crippen LogP contribution < -0.4 is 15.0 Å². The fraction of sp³-hybridized carbons (Fsp3) is 0.267. The van der Waals surface area contributed by atoms with Gasteiger partial charge in [-0.3, -0.25) is 4.79 Å². The number of carbonyl (C=O) groups is 1. The molecule has 1 aromatic carbocycles. The summed E-state index contributed by atoms with van der Waals surface area (Å²) in [6.07, 6.45) is 1.42. The van der Waals surface area contributed by atoms with E-state index in [-0.39, 0.29) is 12.5 Å². The second-order valence-electron chi connectivity index (χ2n) is 4.42. The first-order valence-electron chi connectivity index (χ1n) is 6.70. The summed E-state index contributed by atoms with van der Waals surface area (Å²) in [5.41, 5.74) is 0.772. The quantitative estimate of drug-likeness (QED) is 0.879. The number of nitrogens with zero attached hydrogens (tertiary/aromatic N) is 3. The predicted molar refractivity (Wildman–Crippen MR) is 81.5 cm³/mol. The van der Waals surface area contributed by atoms with Gasteiger partial charge < -0.3 is 15.0 Å². The molecule has 1 aromatic heterocycles. The normalized spacial score (nSPS) is 10.0. The highest BCUT2D eigenvalue weighted by atomic mass is 16.5. The highest BCUT2D eigenvalue weighted by Crippen LogP contribution is 2.14. The Labute approximate surface area is 123 Å². The van der Waals surface area contributed by atoms with Crippen molar-refractivity contribution in [1.82, 2.24) is 9.97 Å². The Morgan fingerprint density at radius 1 is 1.29 bits per heavy atom. The fourth-order valence-corrected chi connectivity index (χ4v) is 1.78. The minimum Gasteiger partial charge on any atom is -0.478 e. The van der Waals surface area contributed by atoms with Gasteiger partial charge in [0.25, 0.3) is 0 Å². The van der Waals surface area contributed by atoms with E-state index in [4.69, 9.17) is 4.74 Å².